The van der Waals surface area contributed by atoms with Gasteiger partial charge in [0, 0.05) is 19.3 Å². The summed E-state index contributed by atoms with van der Waals surface area (Å²) in [5.41, 5.74) is 0. The molecular formula is C47H90O6. The molecule has 0 aliphatic carbocycles. The van der Waals surface area contributed by atoms with E-state index in [-0.39, 0.29) is 31.1 Å². The Morgan fingerprint density at radius 3 is 0.925 bits per heavy atom. The Labute approximate surface area is 329 Å². The number of carbonyl (C=O) groups is 3. The van der Waals surface area contributed by atoms with E-state index in [2.05, 4.69) is 34.6 Å². The summed E-state index contributed by atoms with van der Waals surface area (Å²) < 4.78 is 16.6. The molecule has 0 aromatic heterocycles. The molecular weight excluding hydrogens is 661 g/mol. The lowest BCUT2D eigenvalue weighted by atomic mass is 10.0. The van der Waals surface area contributed by atoms with Crippen LogP contribution in [0, 0.1) is 11.8 Å². The quantitative estimate of drug-likeness (QED) is 0.0352. The summed E-state index contributed by atoms with van der Waals surface area (Å²) in [6, 6.07) is 0. The number of hydrogen-bond acceptors (Lipinski definition) is 6. The van der Waals surface area contributed by atoms with Crippen LogP contribution in [0.25, 0.3) is 0 Å². The smallest absolute Gasteiger partial charge is 0.306 e. The highest BCUT2D eigenvalue weighted by Crippen LogP contribution is 2.17. The Balaban J connectivity index is 4.17. The van der Waals surface area contributed by atoms with E-state index >= 15 is 0 Å². The molecule has 0 rings (SSSR count). The van der Waals surface area contributed by atoms with Crippen LogP contribution in [0.3, 0.4) is 0 Å². The van der Waals surface area contributed by atoms with Crippen molar-refractivity contribution in [3.8, 4) is 0 Å². The molecule has 0 amide bonds. The second-order valence-corrected chi connectivity index (χ2v) is 17.0. The molecule has 0 aromatic carbocycles. The second kappa shape index (κ2) is 40.1. The topological polar surface area (TPSA) is 78.9 Å². The number of esters is 3. The lowest BCUT2D eigenvalue weighted by Crippen LogP contribution is -2.30. The van der Waals surface area contributed by atoms with E-state index in [0.717, 1.165) is 76.0 Å². The molecule has 0 N–H and O–H groups in total. The van der Waals surface area contributed by atoms with Crippen molar-refractivity contribution in [2.45, 2.75) is 259 Å². The molecule has 6 heteroatoms. The third-order valence-corrected chi connectivity index (χ3v) is 10.5. The van der Waals surface area contributed by atoms with E-state index in [9.17, 15) is 14.4 Å². The van der Waals surface area contributed by atoms with Crippen LogP contribution < -0.4 is 0 Å². The molecule has 314 valence electrons. The van der Waals surface area contributed by atoms with E-state index in [1.165, 1.54) is 135 Å². The molecule has 0 unspecified atom stereocenters. The monoisotopic (exact) mass is 751 g/mol. The molecule has 0 saturated carbocycles. The van der Waals surface area contributed by atoms with Gasteiger partial charge >= 0.3 is 17.9 Å². The van der Waals surface area contributed by atoms with Gasteiger partial charge in [-0.25, -0.2) is 0 Å². The van der Waals surface area contributed by atoms with Crippen LogP contribution in [0.5, 0.6) is 0 Å². The van der Waals surface area contributed by atoms with Gasteiger partial charge in [-0.05, 0) is 31.1 Å². The van der Waals surface area contributed by atoms with Gasteiger partial charge in [-0.3, -0.25) is 14.4 Å². The van der Waals surface area contributed by atoms with Gasteiger partial charge in [-0.15, -0.1) is 0 Å². The molecule has 6 nitrogen and oxygen atoms in total. The number of hydrogen-bond donors (Lipinski definition) is 0. The molecule has 0 radical (unpaired) electrons. The van der Waals surface area contributed by atoms with E-state index in [4.69, 9.17) is 14.2 Å². The molecule has 0 fully saturated rings. The number of carbonyl (C=O) groups excluding carboxylic acids is 3. The van der Waals surface area contributed by atoms with Gasteiger partial charge in [0.15, 0.2) is 6.10 Å². The van der Waals surface area contributed by atoms with Gasteiger partial charge in [-0.2, -0.15) is 0 Å². The van der Waals surface area contributed by atoms with Crippen LogP contribution in [0.15, 0.2) is 0 Å². The minimum Gasteiger partial charge on any atom is -0.462 e. The average Bonchev–Trinajstić information content (AvgIpc) is 3.12. The van der Waals surface area contributed by atoms with E-state index in [1.54, 1.807) is 0 Å². The third-order valence-electron chi connectivity index (χ3n) is 10.5. The van der Waals surface area contributed by atoms with Crippen LogP contribution in [-0.4, -0.2) is 37.2 Å². The van der Waals surface area contributed by atoms with E-state index in [0.29, 0.717) is 19.3 Å². The maximum Gasteiger partial charge on any atom is 0.306 e. The second-order valence-electron chi connectivity index (χ2n) is 17.0. The van der Waals surface area contributed by atoms with Crippen LogP contribution in [-0.2, 0) is 28.6 Å². The predicted molar refractivity (Wildman–Crippen MR) is 224 cm³/mol. The Morgan fingerprint density at radius 2 is 0.623 bits per heavy atom. The molecule has 0 bridgehead atoms. The molecule has 1 atom stereocenters. The van der Waals surface area contributed by atoms with Crippen molar-refractivity contribution in [2.24, 2.45) is 11.8 Å². The number of unbranched alkanes of at least 4 members (excludes halogenated alkanes) is 26. The van der Waals surface area contributed by atoms with Gasteiger partial charge in [0.25, 0.3) is 0 Å². The standard InChI is InChI=1S/C47H90O6/c1-6-7-8-25-32-37-45(48)51-40-44(53-47(50)39-34-29-24-20-16-12-14-18-22-27-31-36-43(4)5)41-52-46(49)38-33-28-23-19-15-11-9-10-13-17-21-26-30-35-42(2)3/h42-44H,6-41H2,1-5H3/t44-/m1/s1. The zero-order valence-corrected chi connectivity index (χ0v) is 36.1. The van der Waals surface area contributed by atoms with E-state index < -0.39 is 6.10 Å². The molecule has 0 aliphatic rings. The normalized spacial score (nSPS) is 12.1. The highest BCUT2D eigenvalue weighted by molar-refractivity contribution is 5.71. The molecule has 53 heavy (non-hydrogen) atoms. The fourth-order valence-electron chi connectivity index (χ4n) is 6.93. The highest BCUT2D eigenvalue weighted by atomic mass is 16.6. The molecule has 0 aliphatic heterocycles. The zero-order valence-electron chi connectivity index (χ0n) is 36.1. The number of ether oxygens (including phenoxy) is 3. The maximum atomic E-state index is 12.7. The summed E-state index contributed by atoms with van der Waals surface area (Å²) in [6.07, 6.45) is 38.3. The summed E-state index contributed by atoms with van der Waals surface area (Å²) in [5, 5.41) is 0. The van der Waals surface area contributed by atoms with Crippen LogP contribution in [0.2, 0.25) is 0 Å². The predicted octanol–water partition coefficient (Wildman–Crippen LogP) is 14.6. The van der Waals surface area contributed by atoms with Gasteiger partial charge in [0.05, 0.1) is 0 Å². The van der Waals surface area contributed by atoms with Crippen LogP contribution in [0.1, 0.15) is 253 Å². The summed E-state index contributed by atoms with van der Waals surface area (Å²) in [4.78, 5) is 37.5. The molecule has 0 heterocycles. The minimum atomic E-state index is -0.759. The first-order chi connectivity index (χ1) is 25.7. The minimum absolute atomic E-state index is 0.0655. The van der Waals surface area contributed by atoms with Crippen molar-refractivity contribution >= 4 is 17.9 Å². The Bertz CT molecular complexity index is 809. The van der Waals surface area contributed by atoms with Gasteiger partial charge in [0.2, 0.25) is 0 Å². The van der Waals surface area contributed by atoms with E-state index in [1.807, 2.05) is 0 Å². The Morgan fingerprint density at radius 1 is 0.358 bits per heavy atom. The summed E-state index contributed by atoms with van der Waals surface area (Å²) >= 11 is 0. The summed E-state index contributed by atoms with van der Waals surface area (Å²) in [7, 11) is 0. The fourth-order valence-corrected chi connectivity index (χ4v) is 6.93. The average molecular weight is 751 g/mol. The van der Waals surface area contributed by atoms with Crippen LogP contribution >= 0.6 is 0 Å². The maximum absolute atomic E-state index is 12.7. The zero-order chi connectivity index (χ0) is 39.0. The van der Waals surface area contributed by atoms with Crippen molar-refractivity contribution in [2.75, 3.05) is 13.2 Å². The Kier molecular flexibility index (Phi) is 38.9. The summed E-state index contributed by atoms with van der Waals surface area (Å²) in [5.74, 6) is 0.796. The highest BCUT2D eigenvalue weighted by Gasteiger charge is 2.19. The third kappa shape index (κ3) is 41.4. The van der Waals surface area contributed by atoms with Gasteiger partial charge < -0.3 is 14.2 Å². The van der Waals surface area contributed by atoms with Crippen molar-refractivity contribution in [1.29, 1.82) is 0 Å². The first-order valence-electron chi connectivity index (χ1n) is 23.2. The molecule has 0 aromatic rings. The van der Waals surface area contributed by atoms with Crippen molar-refractivity contribution in [1.82, 2.24) is 0 Å². The van der Waals surface area contributed by atoms with Gasteiger partial charge in [-0.1, -0.05) is 214 Å². The Hall–Kier alpha value is -1.59. The number of rotatable bonds is 41. The van der Waals surface area contributed by atoms with Crippen LogP contribution in [0.4, 0.5) is 0 Å². The van der Waals surface area contributed by atoms with Gasteiger partial charge in [0.1, 0.15) is 13.2 Å². The van der Waals surface area contributed by atoms with Crippen molar-refractivity contribution < 1.29 is 28.6 Å². The first-order valence-corrected chi connectivity index (χ1v) is 23.2. The molecule has 0 saturated heterocycles. The van der Waals surface area contributed by atoms with Crippen molar-refractivity contribution in [3.05, 3.63) is 0 Å². The first kappa shape index (κ1) is 51.4. The molecule has 0 spiro atoms. The lowest BCUT2D eigenvalue weighted by Gasteiger charge is -2.18. The lowest BCUT2D eigenvalue weighted by molar-refractivity contribution is -0.167. The largest absolute Gasteiger partial charge is 0.462 e. The fraction of sp³-hybridized carbons (Fsp3) is 0.936. The SMILES string of the molecule is CCCCCCCC(=O)OC[C@H](COC(=O)CCCCCCCCCCCCCCCC(C)C)OC(=O)CCCCCCCCCCCCCC(C)C. The summed E-state index contributed by atoms with van der Waals surface area (Å²) in [6.45, 7) is 11.3. The van der Waals surface area contributed by atoms with Crippen molar-refractivity contribution in [3.63, 3.8) is 0 Å².